The van der Waals surface area contributed by atoms with Crippen LogP contribution in [-0.4, -0.2) is 42.1 Å². The van der Waals surface area contributed by atoms with Crippen LogP contribution in [0.25, 0.3) is 0 Å². The first kappa shape index (κ1) is 23.3. The number of esters is 1. The average molecular weight is 461 g/mol. The lowest BCUT2D eigenvalue weighted by Gasteiger charge is -2.34. The van der Waals surface area contributed by atoms with Gasteiger partial charge in [0.1, 0.15) is 23.4 Å². The molecule has 12 heteroatoms. The van der Waals surface area contributed by atoms with Crippen LogP contribution in [0.15, 0.2) is 58.7 Å². The van der Waals surface area contributed by atoms with Crippen molar-refractivity contribution >= 4 is 23.8 Å². The number of nitrogens with zero attached hydrogens (tertiary/aromatic N) is 3. The summed E-state index contributed by atoms with van der Waals surface area (Å²) in [7, 11) is 2.29. The summed E-state index contributed by atoms with van der Waals surface area (Å²) in [4.78, 5) is 40.7. The Kier molecular flexibility index (Phi) is 6.66. The molecule has 172 valence electrons. The van der Waals surface area contributed by atoms with Crippen molar-refractivity contribution in [2.24, 2.45) is 4.99 Å². The Balaban J connectivity index is 2.10. The van der Waals surface area contributed by atoms with Crippen LogP contribution < -0.4 is 4.74 Å². The lowest BCUT2D eigenvalue weighted by atomic mass is 9.94. The maximum absolute atomic E-state index is 14.8. The fourth-order valence-electron chi connectivity index (χ4n) is 3.20. The van der Waals surface area contributed by atoms with Crippen LogP contribution in [0.1, 0.15) is 18.5 Å². The van der Waals surface area contributed by atoms with Gasteiger partial charge < -0.3 is 14.2 Å². The van der Waals surface area contributed by atoms with Gasteiger partial charge in [-0.3, -0.25) is 10.1 Å². The molecule has 1 heterocycles. The average Bonchev–Trinajstić information content (AvgIpc) is 2.78. The van der Waals surface area contributed by atoms with E-state index in [0.29, 0.717) is 6.07 Å². The van der Waals surface area contributed by atoms with Crippen LogP contribution in [0.5, 0.6) is 5.75 Å². The number of non-ortho nitro benzene ring substituents is 1. The minimum atomic E-state index is -1.48. The highest BCUT2D eigenvalue weighted by Gasteiger charge is 2.43. The number of hydrogen-bond donors (Lipinski definition) is 0. The normalized spacial score (nSPS) is 15.6. The number of allylic oxidation sites excluding steroid dienone is 1. The predicted molar refractivity (Wildman–Crippen MR) is 109 cm³/mol. The van der Waals surface area contributed by atoms with Crippen LogP contribution in [0.4, 0.5) is 19.3 Å². The predicted octanol–water partition coefficient (Wildman–Crippen LogP) is 3.88. The first-order valence-corrected chi connectivity index (χ1v) is 9.30. The van der Waals surface area contributed by atoms with Crippen LogP contribution in [0.2, 0.25) is 0 Å². The number of nitro groups is 1. The number of benzene rings is 2. The van der Waals surface area contributed by atoms with Gasteiger partial charge in [-0.15, -0.1) is 0 Å². The summed E-state index contributed by atoms with van der Waals surface area (Å²) >= 11 is 0. The molecule has 0 saturated heterocycles. The zero-order valence-electron chi connectivity index (χ0n) is 17.6. The molecule has 0 bridgehead atoms. The lowest BCUT2D eigenvalue weighted by Crippen LogP contribution is -2.46. The molecule has 10 nitrogen and oxygen atoms in total. The number of ether oxygens (including phenoxy) is 3. The van der Waals surface area contributed by atoms with Gasteiger partial charge in [0.05, 0.1) is 30.4 Å². The van der Waals surface area contributed by atoms with Crippen LogP contribution >= 0.6 is 0 Å². The molecule has 1 atom stereocenters. The maximum atomic E-state index is 14.8. The van der Waals surface area contributed by atoms with E-state index in [2.05, 4.69) is 4.99 Å². The SMILES string of the molecule is COC(=O)C1=C(C)N=C(OC)N(C(=O)Oc2ccc([N+](=O)[O-])cc2)C1c1ccc(F)cc1F. The molecular weight excluding hydrogens is 444 g/mol. The number of carbonyl (C=O) groups is 2. The van der Waals surface area contributed by atoms with E-state index >= 15 is 0 Å². The molecule has 1 aliphatic heterocycles. The zero-order valence-corrected chi connectivity index (χ0v) is 17.6. The Hall–Kier alpha value is -4.35. The zero-order chi connectivity index (χ0) is 24.3. The van der Waals surface area contributed by atoms with E-state index in [9.17, 15) is 28.5 Å². The van der Waals surface area contributed by atoms with Crippen molar-refractivity contribution < 1.29 is 37.5 Å². The molecule has 1 unspecified atom stereocenters. The topological polar surface area (TPSA) is 121 Å². The van der Waals surface area contributed by atoms with E-state index in [4.69, 9.17) is 14.2 Å². The summed E-state index contributed by atoms with van der Waals surface area (Å²) in [5.74, 6) is -2.90. The van der Waals surface area contributed by atoms with Crippen molar-refractivity contribution in [1.29, 1.82) is 0 Å². The quantitative estimate of drug-likeness (QED) is 0.385. The van der Waals surface area contributed by atoms with Crippen molar-refractivity contribution in [2.75, 3.05) is 14.2 Å². The van der Waals surface area contributed by atoms with E-state index in [0.717, 1.165) is 36.3 Å². The molecule has 0 fully saturated rings. The van der Waals surface area contributed by atoms with Crippen molar-refractivity contribution in [2.45, 2.75) is 13.0 Å². The fraction of sp³-hybridized carbons (Fsp3) is 0.190. The fourth-order valence-corrected chi connectivity index (χ4v) is 3.20. The van der Waals surface area contributed by atoms with E-state index in [1.807, 2.05) is 0 Å². The Labute approximate surface area is 185 Å². The molecule has 0 saturated carbocycles. The van der Waals surface area contributed by atoms with E-state index in [-0.39, 0.29) is 34.3 Å². The van der Waals surface area contributed by atoms with Crippen molar-refractivity contribution in [3.63, 3.8) is 0 Å². The second-order valence-electron chi connectivity index (χ2n) is 6.65. The Morgan fingerprint density at radius 3 is 2.33 bits per heavy atom. The van der Waals surface area contributed by atoms with Gasteiger partial charge in [-0.2, -0.15) is 0 Å². The molecular formula is C21H17F2N3O7. The summed E-state index contributed by atoms with van der Waals surface area (Å²) in [6, 6.07) is 5.40. The van der Waals surface area contributed by atoms with Crippen molar-refractivity contribution in [1.82, 2.24) is 4.90 Å². The van der Waals surface area contributed by atoms with Gasteiger partial charge in [0, 0.05) is 23.8 Å². The van der Waals surface area contributed by atoms with Crippen LogP contribution in [0, 0.1) is 21.7 Å². The number of hydrogen-bond acceptors (Lipinski definition) is 8. The molecule has 0 aromatic heterocycles. The van der Waals surface area contributed by atoms with Gasteiger partial charge in [-0.1, -0.05) is 6.07 Å². The lowest BCUT2D eigenvalue weighted by molar-refractivity contribution is -0.384. The number of halogens is 2. The highest BCUT2D eigenvalue weighted by molar-refractivity contribution is 5.99. The molecule has 0 N–H and O–H groups in total. The highest BCUT2D eigenvalue weighted by Crippen LogP contribution is 2.38. The molecule has 0 radical (unpaired) electrons. The van der Waals surface area contributed by atoms with Gasteiger partial charge in [0.25, 0.3) is 5.69 Å². The molecule has 2 aromatic rings. The summed E-state index contributed by atoms with van der Waals surface area (Å²) in [6.45, 7) is 1.43. The third kappa shape index (κ3) is 4.63. The van der Waals surface area contributed by atoms with Crippen LogP contribution in [-0.2, 0) is 14.3 Å². The summed E-state index contributed by atoms with van der Waals surface area (Å²) < 4.78 is 43.5. The third-order valence-electron chi connectivity index (χ3n) is 4.69. The monoisotopic (exact) mass is 461 g/mol. The largest absolute Gasteiger partial charge is 0.468 e. The minimum absolute atomic E-state index is 0.0758. The molecule has 0 spiro atoms. The molecule has 1 amide bonds. The third-order valence-corrected chi connectivity index (χ3v) is 4.69. The van der Waals surface area contributed by atoms with E-state index in [1.54, 1.807) is 0 Å². The first-order chi connectivity index (χ1) is 15.7. The van der Waals surface area contributed by atoms with Crippen molar-refractivity contribution in [3.05, 3.63) is 81.0 Å². The summed E-state index contributed by atoms with van der Waals surface area (Å²) in [5, 5.41) is 10.8. The number of amides is 1. The first-order valence-electron chi connectivity index (χ1n) is 9.30. The van der Waals surface area contributed by atoms with E-state index < -0.39 is 34.7 Å². The molecule has 1 aliphatic rings. The Morgan fingerprint density at radius 2 is 1.79 bits per heavy atom. The van der Waals surface area contributed by atoms with Gasteiger partial charge in [-0.25, -0.2) is 28.3 Å². The number of methoxy groups -OCH3 is 2. The van der Waals surface area contributed by atoms with Gasteiger partial charge >= 0.3 is 18.1 Å². The van der Waals surface area contributed by atoms with Gasteiger partial charge in [-0.05, 0) is 25.1 Å². The second kappa shape index (κ2) is 9.42. The standard InChI is InChI=1S/C21H17F2N3O7/c1-11-17(19(27)31-2)18(15-9-4-12(22)10-16(15)23)25(20(24-11)32-3)21(28)33-14-7-5-13(6-8-14)26(29)30/h4-10,18H,1-3H3. The van der Waals surface area contributed by atoms with Gasteiger partial charge in [0.2, 0.25) is 0 Å². The molecule has 2 aromatic carbocycles. The molecule has 3 rings (SSSR count). The smallest absolute Gasteiger partial charge is 0.424 e. The molecule has 33 heavy (non-hydrogen) atoms. The number of carbonyl (C=O) groups excluding carboxylic acids is 2. The number of rotatable bonds is 4. The highest BCUT2D eigenvalue weighted by atomic mass is 19.1. The summed E-state index contributed by atoms with van der Waals surface area (Å²) in [6.07, 6.45) is -1.15. The Bertz CT molecular complexity index is 1180. The number of amidine groups is 1. The minimum Gasteiger partial charge on any atom is -0.468 e. The maximum Gasteiger partial charge on any atom is 0.424 e. The van der Waals surface area contributed by atoms with E-state index in [1.165, 1.54) is 26.2 Å². The van der Waals surface area contributed by atoms with Crippen LogP contribution in [0.3, 0.4) is 0 Å². The van der Waals surface area contributed by atoms with Crippen molar-refractivity contribution in [3.8, 4) is 5.75 Å². The molecule has 0 aliphatic carbocycles. The number of nitro benzene ring substituents is 1. The Morgan fingerprint density at radius 1 is 1.12 bits per heavy atom. The number of aliphatic imine (C=N–C) groups is 1. The second-order valence-corrected chi connectivity index (χ2v) is 6.65. The summed E-state index contributed by atoms with van der Waals surface area (Å²) in [5.41, 5.74) is -0.609. The van der Waals surface area contributed by atoms with Gasteiger partial charge in [0.15, 0.2) is 0 Å².